The summed E-state index contributed by atoms with van der Waals surface area (Å²) in [4.78, 5) is 0. The molecule has 0 radical (unpaired) electrons. The zero-order valence-electron chi connectivity index (χ0n) is 4.16. The van der Waals surface area contributed by atoms with E-state index >= 15 is 0 Å². The van der Waals surface area contributed by atoms with Gasteiger partial charge in [0.15, 0.2) is 0 Å². The van der Waals surface area contributed by atoms with Crippen molar-refractivity contribution in [3.8, 4) is 0 Å². The zero-order valence-corrected chi connectivity index (χ0v) is 7.60. The van der Waals surface area contributed by atoms with Crippen LogP contribution in [0.15, 0.2) is 0 Å². The van der Waals surface area contributed by atoms with Crippen LogP contribution in [-0.4, -0.2) is 24.2 Å². The van der Waals surface area contributed by atoms with Gasteiger partial charge in [-0.3, -0.25) is 8.42 Å². The summed E-state index contributed by atoms with van der Waals surface area (Å²) >= 11 is 0. The first kappa shape index (κ1) is 17.2. The molecule has 9 heteroatoms. The summed E-state index contributed by atoms with van der Waals surface area (Å²) in [5.74, 6) is 0. The Labute approximate surface area is 87.5 Å². The van der Waals surface area contributed by atoms with E-state index in [1.165, 1.54) is 0 Å². The molecule has 0 N–H and O–H groups in total. The molecule has 0 spiro atoms. The Morgan fingerprint density at radius 1 is 1.10 bits per heavy atom. The fraction of sp³-hybridized carbons (Fsp3) is 1.00. The molecule has 0 heterocycles. The number of hydrogen-bond acceptors (Lipinski definition) is 4. The SMILES string of the molecule is FC(F)F.O=S(=O)([O-])[O-].[Sm+2]. The third-order valence-electron chi connectivity index (χ3n) is 0. The Bertz CT molecular complexity index is 132. The van der Waals surface area contributed by atoms with Crippen molar-refractivity contribution in [3.05, 3.63) is 0 Å². The van der Waals surface area contributed by atoms with Crippen molar-refractivity contribution in [1.29, 1.82) is 0 Å². The summed E-state index contributed by atoms with van der Waals surface area (Å²) in [7, 11) is -5.17. The molecule has 0 atom stereocenters. The van der Waals surface area contributed by atoms with E-state index in [0.29, 0.717) is 0 Å². The van der Waals surface area contributed by atoms with Gasteiger partial charge in [0, 0.05) is 10.4 Å². The molecule has 0 rings (SSSR count). The van der Waals surface area contributed by atoms with Crippen LogP contribution in [0.2, 0.25) is 0 Å². The van der Waals surface area contributed by atoms with Crippen LogP contribution < -0.4 is 0 Å². The van der Waals surface area contributed by atoms with Gasteiger partial charge in [-0.1, -0.05) is 0 Å². The summed E-state index contributed by atoms with van der Waals surface area (Å²) in [6.45, 7) is -3.67. The second-order valence-corrected chi connectivity index (χ2v) is 1.47. The van der Waals surface area contributed by atoms with Gasteiger partial charge in [0.2, 0.25) is 0 Å². The van der Waals surface area contributed by atoms with Crippen LogP contribution in [0, 0.1) is 40.4 Å². The van der Waals surface area contributed by atoms with Gasteiger partial charge in [0.1, 0.15) is 0 Å². The van der Waals surface area contributed by atoms with Gasteiger partial charge in [-0.2, -0.15) is 13.2 Å². The van der Waals surface area contributed by atoms with Crippen molar-refractivity contribution in [3.63, 3.8) is 0 Å². The van der Waals surface area contributed by atoms with Gasteiger partial charge in [0.05, 0.1) is 0 Å². The molecule has 10 heavy (non-hydrogen) atoms. The first-order chi connectivity index (χ1) is 3.73. The Kier molecular flexibility index (Phi) is 13.9. The summed E-state index contributed by atoms with van der Waals surface area (Å²) in [5.41, 5.74) is 0. The predicted octanol–water partition coefficient (Wildman–Crippen LogP) is -0.159. The van der Waals surface area contributed by atoms with E-state index in [1.807, 2.05) is 0 Å². The van der Waals surface area contributed by atoms with Crippen LogP contribution in [0.4, 0.5) is 13.2 Å². The molecule has 0 aliphatic carbocycles. The molecule has 0 saturated carbocycles. The van der Waals surface area contributed by atoms with Crippen LogP contribution in [0.1, 0.15) is 0 Å². The summed E-state index contributed by atoms with van der Waals surface area (Å²) < 4.78 is 63.1. The minimum atomic E-state index is -5.17. The van der Waals surface area contributed by atoms with E-state index in [1.54, 1.807) is 0 Å². The molecular formula is CHF3O4SSm. The van der Waals surface area contributed by atoms with Crippen LogP contribution in [0.25, 0.3) is 0 Å². The van der Waals surface area contributed by atoms with Gasteiger partial charge in [-0.25, -0.2) is 0 Å². The van der Waals surface area contributed by atoms with E-state index in [0.717, 1.165) is 0 Å². The Morgan fingerprint density at radius 3 is 1.10 bits per heavy atom. The maximum absolute atomic E-state index is 9.67. The molecule has 4 nitrogen and oxygen atoms in total. The van der Waals surface area contributed by atoms with Gasteiger partial charge in [-0.05, 0) is 0 Å². The fourth-order valence-electron chi connectivity index (χ4n) is 0. The predicted molar refractivity (Wildman–Crippen MR) is 17.6 cm³/mol. The molecule has 0 amide bonds. The van der Waals surface area contributed by atoms with Gasteiger partial charge in [-0.15, -0.1) is 0 Å². The third-order valence-corrected chi connectivity index (χ3v) is 0. The molecule has 0 aliphatic heterocycles. The normalized spacial score (nSPS) is 9.40. The van der Waals surface area contributed by atoms with Crippen molar-refractivity contribution in [1.82, 2.24) is 0 Å². The quantitative estimate of drug-likeness (QED) is 0.459. The smallest absolute Gasteiger partial charge is 0.759 e. The molecule has 0 unspecified atom stereocenters. The largest absolute Gasteiger partial charge is 2.00 e. The molecule has 0 aliphatic rings. The average molecular weight is 316 g/mol. The van der Waals surface area contributed by atoms with Gasteiger partial charge in [0.25, 0.3) is 0 Å². The number of rotatable bonds is 0. The van der Waals surface area contributed by atoms with Crippen LogP contribution in [0.5, 0.6) is 0 Å². The minimum absolute atomic E-state index is 0. The first-order valence-electron chi connectivity index (χ1n) is 1.32. The molecule has 0 bridgehead atoms. The van der Waals surface area contributed by atoms with E-state index in [4.69, 9.17) is 17.5 Å². The third kappa shape index (κ3) is 578. The van der Waals surface area contributed by atoms with Crippen LogP contribution in [-0.2, 0) is 10.4 Å². The maximum atomic E-state index is 9.67. The van der Waals surface area contributed by atoms with E-state index in [2.05, 4.69) is 0 Å². The molecule has 0 fully saturated rings. The van der Waals surface area contributed by atoms with Crippen molar-refractivity contribution in [2.24, 2.45) is 0 Å². The second kappa shape index (κ2) is 8.10. The first-order valence-corrected chi connectivity index (χ1v) is 2.65. The van der Waals surface area contributed by atoms with E-state index < -0.39 is 17.1 Å². The van der Waals surface area contributed by atoms with Crippen molar-refractivity contribution in [2.75, 3.05) is 0 Å². The van der Waals surface area contributed by atoms with Crippen molar-refractivity contribution in [2.45, 2.75) is 6.68 Å². The maximum Gasteiger partial charge on any atom is 2.00 e. The zero-order chi connectivity index (χ0) is 8.08. The number of halogens is 3. The van der Waals surface area contributed by atoms with Crippen molar-refractivity contribution < 1.29 is 71.1 Å². The Morgan fingerprint density at radius 2 is 1.10 bits per heavy atom. The molecule has 0 aromatic rings. The molecule has 0 aromatic heterocycles. The molecular weight excluding hydrogens is 315 g/mol. The molecule has 0 aromatic carbocycles. The fourth-order valence-corrected chi connectivity index (χ4v) is 0. The second-order valence-electron chi connectivity index (χ2n) is 0.656. The summed E-state index contributed by atoms with van der Waals surface area (Å²) in [6, 6.07) is 0. The minimum Gasteiger partial charge on any atom is -0.759 e. The topological polar surface area (TPSA) is 80.3 Å². The molecule has 62 valence electrons. The number of alkyl halides is 3. The Balaban J connectivity index is -0.0000000910. The van der Waals surface area contributed by atoms with Crippen LogP contribution >= 0.6 is 0 Å². The van der Waals surface area contributed by atoms with Gasteiger partial charge >= 0.3 is 47.1 Å². The van der Waals surface area contributed by atoms with Crippen molar-refractivity contribution >= 4 is 10.4 Å². The summed E-state index contributed by atoms with van der Waals surface area (Å²) in [5, 5.41) is 0. The summed E-state index contributed by atoms with van der Waals surface area (Å²) in [6.07, 6.45) is 0. The monoisotopic (exact) mass is 318 g/mol. The van der Waals surface area contributed by atoms with Crippen LogP contribution in [0.3, 0.4) is 0 Å². The Hall–Kier alpha value is 0.998. The molecule has 0 saturated heterocycles. The standard InChI is InChI=1S/CHF3.H2O4S.Sm/c2-1(3)4;1-5(2,3)4;/h1H;(H2,1,2,3,4);/q;;+2/p-2. The van der Waals surface area contributed by atoms with E-state index in [-0.39, 0.29) is 40.4 Å². The van der Waals surface area contributed by atoms with E-state index in [9.17, 15) is 13.2 Å². The number of hydrogen-bond donors (Lipinski definition) is 0. The van der Waals surface area contributed by atoms with Gasteiger partial charge < -0.3 is 9.11 Å². The average Bonchev–Trinajstić information content (AvgIpc) is 1.19.